The average molecular weight is 210 g/mol. The molecule has 0 aliphatic rings. The van der Waals surface area contributed by atoms with Gasteiger partial charge in [0.05, 0.1) is 11.6 Å². The Kier molecular flexibility index (Phi) is 4.14. The van der Waals surface area contributed by atoms with Crippen LogP contribution in [0.3, 0.4) is 0 Å². The number of nitrogens with zero attached hydrogens (tertiary/aromatic N) is 2. The van der Waals surface area contributed by atoms with Crippen molar-refractivity contribution in [1.82, 2.24) is 15.4 Å². The van der Waals surface area contributed by atoms with Gasteiger partial charge in [0.1, 0.15) is 6.33 Å². The zero-order valence-corrected chi connectivity index (χ0v) is 9.40. The van der Waals surface area contributed by atoms with Crippen LogP contribution < -0.4 is 11.3 Å². The Balaban J connectivity index is 2.98. The maximum atomic E-state index is 5.56. The monoisotopic (exact) mass is 210 g/mol. The van der Waals surface area contributed by atoms with Crippen molar-refractivity contribution in [2.45, 2.75) is 31.9 Å². The van der Waals surface area contributed by atoms with Gasteiger partial charge in [0.2, 0.25) is 0 Å². The summed E-state index contributed by atoms with van der Waals surface area (Å²) in [7, 11) is 1.68. The molecule has 0 saturated heterocycles. The molecule has 1 aromatic rings. The molecule has 0 aliphatic heterocycles. The molecular weight excluding hydrogens is 192 g/mol. The van der Waals surface area contributed by atoms with Gasteiger partial charge in [-0.05, 0) is 13.3 Å². The zero-order valence-electron chi connectivity index (χ0n) is 9.40. The van der Waals surface area contributed by atoms with E-state index in [1.54, 1.807) is 19.5 Å². The van der Waals surface area contributed by atoms with Crippen LogP contribution in [0.2, 0.25) is 0 Å². The highest BCUT2D eigenvalue weighted by molar-refractivity contribution is 5.14. The van der Waals surface area contributed by atoms with Crippen molar-refractivity contribution < 1.29 is 4.74 Å². The van der Waals surface area contributed by atoms with Crippen molar-refractivity contribution in [2.75, 3.05) is 7.11 Å². The summed E-state index contributed by atoms with van der Waals surface area (Å²) in [6, 6.07) is -0.117. The lowest BCUT2D eigenvalue weighted by Crippen LogP contribution is -2.45. The molecular formula is C10H18N4O. The number of nitrogens with one attached hydrogen (secondary N) is 1. The van der Waals surface area contributed by atoms with Gasteiger partial charge in [-0.25, -0.2) is 15.4 Å². The SMILES string of the molecule is CCC(C)(OC)C(NN)c1cncnc1. The fourth-order valence-corrected chi connectivity index (χ4v) is 1.55. The molecule has 5 heteroatoms. The lowest BCUT2D eigenvalue weighted by atomic mass is 9.89. The van der Waals surface area contributed by atoms with E-state index in [2.05, 4.69) is 22.3 Å². The lowest BCUT2D eigenvalue weighted by Gasteiger charge is -2.35. The van der Waals surface area contributed by atoms with E-state index in [9.17, 15) is 0 Å². The third-order valence-corrected chi connectivity index (χ3v) is 2.86. The van der Waals surface area contributed by atoms with E-state index in [1.165, 1.54) is 6.33 Å². The van der Waals surface area contributed by atoms with Gasteiger partial charge < -0.3 is 4.74 Å². The Labute approximate surface area is 90.0 Å². The lowest BCUT2D eigenvalue weighted by molar-refractivity contribution is -0.0302. The van der Waals surface area contributed by atoms with E-state index in [1.807, 2.05) is 6.92 Å². The first-order valence-corrected chi connectivity index (χ1v) is 4.94. The number of hydrogen-bond acceptors (Lipinski definition) is 5. The van der Waals surface area contributed by atoms with Gasteiger partial charge in [-0.3, -0.25) is 5.84 Å². The first-order valence-electron chi connectivity index (χ1n) is 4.94. The molecule has 0 saturated carbocycles. The van der Waals surface area contributed by atoms with Crippen molar-refractivity contribution in [3.05, 3.63) is 24.3 Å². The molecule has 1 heterocycles. The minimum Gasteiger partial charge on any atom is -0.376 e. The second-order valence-corrected chi connectivity index (χ2v) is 3.64. The third kappa shape index (κ3) is 2.50. The van der Waals surface area contributed by atoms with Gasteiger partial charge in [0.15, 0.2) is 0 Å². The summed E-state index contributed by atoms with van der Waals surface area (Å²) >= 11 is 0. The van der Waals surface area contributed by atoms with Crippen molar-refractivity contribution in [3.8, 4) is 0 Å². The van der Waals surface area contributed by atoms with E-state index in [0.717, 1.165) is 12.0 Å². The second kappa shape index (κ2) is 5.16. The highest BCUT2D eigenvalue weighted by Crippen LogP contribution is 2.29. The fourth-order valence-electron chi connectivity index (χ4n) is 1.55. The van der Waals surface area contributed by atoms with E-state index in [-0.39, 0.29) is 11.6 Å². The van der Waals surface area contributed by atoms with Gasteiger partial charge in [-0.15, -0.1) is 0 Å². The molecule has 0 radical (unpaired) electrons. The van der Waals surface area contributed by atoms with Crippen molar-refractivity contribution in [1.29, 1.82) is 0 Å². The molecule has 5 nitrogen and oxygen atoms in total. The second-order valence-electron chi connectivity index (χ2n) is 3.64. The summed E-state index contributed by atoms with van der Waals surface area (Å²) in [5.74, 6) is 5.56. The summed E-state index contributed by atoms with van der Waals surface area (Å²) in [6.07, 6.45) is 5.81. The molecule has 0 aliphatic carbocycles. The highest BCUT2D eigenvalue weighted by Gasteiger charge is 2.33. The number of rotatable bonds is 5. The first kappa shape index (κ1) is 12.0. The molecule has 15 heavy (non-hydrogen) atoms. The molecule has 0 amide bonds. The molecule has 1 rings (SSSR count). The van der Waals surface area contributed by atoms with Crippen molar-refractivity contribution in [2.24, 2.45) is 5.84 Å². The van der Waals surface area contributed by atoms with Crippen LogP contribution >= 0.6 is 0 Å². The minimum absolute atomic E-state index is 0.117. The van der Waals surface area contributed by atoms with Gasteiger partial charge in [0, 0.05) is 25.1 Å². The molecule has 84 valence electrons. The largest absolute Gasteiger partial charge is 0.376 e. The summed E-state index contributed by atoms with van der Waals surface area (Å²) < 4.78 is 5.50. The van der Waals surface area contributed by atoms with Crippen LogP contribution in [0.5, 0.6) is 0 Å². The number of nitrogens with two attached hydrogens (primary N) is 1. The van der Waals surface area contributed by atoms with E-state index in [0.29, 0.717) is 0 Å². The van der Waals surface area contributed by atoms with Crippen LogP contribution in [0.4, 0.5) is 0 Å². The molecule has 1 aromatic heterocycles. The molecule has 0 aromatic carbocycles. The Hall–Kier alpha value is -1.04. The number of hydrogen-bond donors (Lipinski definition) is 2. The number of methoxy groups -OCH3 is 1. The molecule has 0 spiro atoms. The Morgan fingerprint density at radius 3 is 2.53 bits per heavy atom. The summed E-state index contributed by atoms with van der Waals surface area (Å²) in [4.78, 5) is 7.95. The van der Waals surface area contributed by atoms with Crippen molar-refractivity contribution >= 4 is 0 Å². The topological polar surface area (TPSA) is 73.1 Å². The van der Waals surface area contributed by atoms with Gasteiger partial charge in [-0.2, -0.15) is 0 Å². The van der Waals surface area contributed by atoms with Crippen LogP contribution in [0, 0.1) is 0 Å². The van der Waals surface area contributed by atoms with Crippen LogP contribution in [0.25, 0.3) is 0 Å². The number of hydrazine groups is 1. The maximum Gasteiger partial charge on any atom is 0.115 e. The van der Waals surface area contributed by atoms with Crippen LogP contribution in [-0.4, -0.2) is 22.7 Å². The maximum absolute atomic E-state index is 5.56. The minimum atomic E-state index is -0.362. The third-order valence-electron chi connectivity index (χ3n) is 2.86. The Morgan fingerprint density at radius 1 is 1.53 bits per heavy atom. The molecule has 0 fully saturated rings. The van der Waals surface area contributed by atoms with Crippen molar-refractivity contribution in [3.63, 3.8) is 0 Å². The van der Waals surface area contributed by atoms with Crippen LogP contribution in [0.1, 0.15) is 31.9 Å². The smallest absolute Gasteiger partial charge is 0.115 e. The molecule has 3 N–H and O–H groups in total. The Bertz CT molecular complexity index is 287. The quantitative estimate of drug-likeness (QED) is 0.555. The number of aromatic nitrogens is 2. The summed E-state index contributed by atoms with van der Waals surface area (Å²) in [6.45, 7) is 4.06. The standard InChI is InChI=1S/C10H18N4O/c1-4-10(2,15-3)9(14-11)8-5-12-7-13-6-8/h5-7,9,14H,4,11H2,1-3H3. The predicted octanol–water partition coefficient (Wildman–Crippen LogP) is 0.796. The van der Waals surface area contributed by atoms with Crippen LogP contribution in [-0.2, 0) is 4.74 Å². The van der Waals surface area contributed by atoms with Crippen LogP contribution in [0.15, 0.2) is 18.7 Å². The average Bonchev–Trinajstić information content (AvgIpc) is 2.31. The van der Waals surface area contributed by atoms with E-state index in [4.69, 9.17) is 10.6 Å². The predicted molar refractivity (Wildman–Crippen MR) is 57.8 cm³/mol. The zero-order chi connectivity index (χ0) is 11.3. The van der Waals surface area contributed by atoms with Gasteiger partial charge >= 0.3 is 0 Å². The van der Waals surface area contributed by atoms with E-state index >= 15 is 0 Å². The fraction of sp³-hybridized carbons (Fsp3) is 0.600. The van der Waals surface area contributed by atoms with Gasteiger partial charge in [0.25, 0.3) is 0 Å². The summed E-state index contributed by atoms with van der Waals surface area (Å²) in [5, 5.41) is 0. The number of ether oxygens (including phenoxy) is 1. The summed E-state index contributed by atoms with van der Waals surface area (Å²) in [5.41, 5.74) is 3.32. The Morgan fingerprint density at radius 2 is 2.13 bits per heavy atom. The van der Waals surface area contributed by atoms with E-state index < -0.39 is 0 Å². The first-order chi connectivity index (χ1) is 7.18. The molecule has 2 unspecified atom stereocenters. The van der Waals surface area contributed by atoms with Gasteiger partial charge in [-0.1, -0.05) is 6.92 Å². The highest BCUT2D eigenvalue weighted by atomic mass is 16.5. The molecule has 0 bridgehead atoms. The normalized spacial score (nSPS) is 17.1. The molecule has 2 atom stereocenters.